The van der Waals surface area contributed by atoms with Crippen molar-refractivity contribution in [3.05, 3.63) is 32.6 Å². The van der Waals surface area contributed by atoms with Gasteiger partial charge in [-0.3, -0.25) is 9.69 Å². The fourth-order valence-corrected chi connectivity index (χ4v) is 4.63. The first-order valence-electron chi connectivity index (χ1n) is 7.98. The van der Waals surface area contributed by atoms with Gasteiger partial charge < -0.3 is 9.47 Å². The molecule has 2 heterocycles. The monoisotopic (exact) mass is 417 g/mol. The Kier molecular flexibility index (Phi) is 6.28. The maximum atomic E-state index is 12.7. The molecule has 2 aliphatic heterocycles. The van der Waals surface area contributed by atoms with Crippen LogP contribution in [-0.2, 0) is 9.53 Å². The standard InChI is InChI=1S/C17H17Cl2NO3S2/c1-2-22-15-12(18)6-10(7-13(15)19)8-14-16(21)20(17(24)25-14)9-11-4-3-5-23-11/h6-8,11H,2-5,9H2,1H3/b14-8-/t11-/m0/s1. The maximum absolute atomic E-state index is 12.7. The number of hydrogen-bond acceptors (Lipinski definition) is 5. The predicted octanol–water partition coefficient (Wildman–Crippen LogP) is 4.77. The van der Waals surface area contributed by atoms with Crippen LogP contribution in [0.1, 0.15) is 25.3 Å². The van der Waals surface area contributed by atoms with E-state index in [1.165, 1.54) is 11.8 Å². The van der Waals surface area contributed by atoms with E-state index >= 15 is 0 Å². The fraction of sp³-hybridized carbons (Fsp3) is 0.412. The first-order chi connectivity index (χ1) is 12.0. The number of carbonyl (C=O) groups excluding carboxylic acids is 1. The van der Waals surface area contributed by atoms with E-state index in [1.54, 1.807) is 23.1 Å². The third-order valence-electron chi connectivity index (χ3n) is 3.89. The van der Waals surface area contributed by atoms with Gasteiger partial charge in [-0.1, -0.05) is 47.2 Å². The van der Waals surface area contributed by atoms with Crippen molar-refractivity contribution in [1.82, 2.24) is 4.90 Å². The minimum atomic E-state index is -0.105. The van der Waals surface area contributed by atoms with Gasteiger partial charge in [-0.2, -0.15) is 0 Å². The zero-order valence-electron chi connectivity index (χ0n) is 13.6. The molecule has 0 aliphatic carbocycles. The zero-order chi connectivity index (χ0) is 18.0. The minimum absolute atomic E-state index is 0.0659. The van der Waals surface area contributed by atoms with Crippen LogP contribution in [0.15, 0.2) is 17.0 Å². The highest BCUT2D eigenvalue weighted by atomic mass is 35.5. The Bertz CT molecular complexity index is 710. The normalized spacial score (nSPS) is 22.3. The van der Waals surface area contributed by atoms with Crippen molar-refractivity contribution in [3.63, 3.8) is 0 Å². The second kappa shape index (κ2) is 8.27. The number of carbonyl (C=O) groups is 1. The summed E-state index contributed by atoms with van der Waals surface area (Å²) >= 11 is 19.1. The van der Waals surface area contributed by atoms with Crippen LogP contribution in [0.4, 0.5) is 0 Å². The number of halogens is 2. The predicted molar refractivity (Wildman–Crippen MR) is 106 cm³/mol. The highest BCUT2D eigenvalue weighted by Gasteiger charge is 2.34. The van der Waals surface area contributed by atoms with Crippen LogP contribution in [0, 0.1) is 0 Å². The average Bonchev–Trinajstić information content (AvgIpc) is 3.15. The second-order valence-corrected chi connectivity index (χ2v) is 8.16. The number of thioether (sulfide) groups is 1. The minimum Gasteiger partial charge on any atom is -0.491 e. The molecule has 2 fully saturated rings. The molecular formula is C17H17Cl2NO3S2. The van der Waals surface area contributed by atoms with Crippen molar-refractivity contribution in [2.45, 2.75) is 25.9 Å². The van der Waals surface area contributed by atoms with Crippen LogP contribution in [0.25, 0.3) is 6.08 Å². The first kappa shape index (κ1) is 19.0. The molecule has 1 aromatic rings. The molecule has 3 rings (SSSR count). The summed E-state index contributed by atoms with van der Waals surface area (Å²) in [7, 11) is 0. The van der Waals surface area contributed by atoms with Gasteiger partial charge in [0, 0.05) is 6.61 Å². The Morgan fingerprint density at radius 3 is 2.76 bits per heavy atom. The van der Waals surface area contributed by atoms with E-state index in [9.17, 15) is 4.79 Å². The molecule has 1 amide bonds. The van der Waals surface area contributed by atoms with Crippen LogP contribution in [0.2, 0.25) is 10.0 Å². The molecule has 25 heavy (non-hydrogen) atoms. The second-order valence-electron chi connectivity index (χ2n) is 5.67. The van der Waals surface area contributed by atoms with Crippen LogP contribution < -0.4 is 4.74 Å². The van der Waals surface area contributed by atoms with Crippen LogP contribution >= 0.6 is 47.2 Å². The van der Waals surface area contributed by atoms with Crippen LogP contribution in [0.5, 0.6) is 5.75 Å². The molecule has 1 aromatic carbocycles. The molecule has 4 nitrogen and oxygen atoms in total. The number of benzene rings is 1. The fourth-order valence-electron chi connectivity index (χ4n) is 2.75. The molecule has 0 saturated carbocycles. The summed E-state index contributed by atoms with van der Waals surface area (Å²) in [5, 5.41) is 0.825. The Balaban J connectivity index is 1.79. The zero-order valence-corrected chi connectivity index (χ0v) is 16.7. The van der Waals surface area contributed by atoms with E-state index in [1.807, 2.05) is 6.92 Å². The Morgan fingerprint density at radius 2 is 2.16 bits per heavy atom. The number of rotatable bonds is 5. The molecule has 1 atom stereocenters. The lowest BCUT2D eigenvalue weighted by atomic mass is 10.2. The smallest absolute Gasteiger partial charge is 0.266 e. The molecule has 0 spiro atoms. The van der Waals surface area contributed by atoms with Gasteiger partial charge in [-0.15, -0.1) is 0 Å². The maximum Gasteiger partial charge on any atom is 0.266 e. The molecular weight excluding hydrogens is 401 g/mol. The summed E-state index contributed by atoms with van der Waals surface area (Å²) in [6.07, 6.45) is 3.80. The largest absolute Gasteiger partial charge is 0.491 e. The van der Waals surface area contributed by atoms with Crippen molar-refractivity contribution in [1.29, 1.82) is 0 Å². The molecule has 0 bridgehead atoms. The lowest BCUT2D eigenvalue weighted by molar-refractivity contribution is -0.123. The first-order valence-corrected chi connectivity index (χ1v) is 9.96. The number of nitrogens with zero attached hydrogens (tertiary/aromatic N) is 1. The van der Waals surface area contributed by atoms with E-state index in [2.05, 4.69) is 0 Å². The van der Waals surface area contributed by atoms with Crippen molar-refractivity contribution in [2.24, 2.45) is 0 Å². The highest BCUT2D eigenvalue weighted by Crippen LogP contribution is 2.37. The van der Waals surface area contributed by atoms with Gasteiger partial charge in [0.05, 0.1) is 34.2 Å². The molecule has 0 N–H and O–H groups in total. The van der Waals surface area contributed by atoms with Gasteiger partial charge >= 0.3 is 0 Å². The van der Waals surface area contributed by atoms with Crippen molar-refractivity contribution >= 4 is 63.5 Å². The third-order valence-corrected chi connectivity index (χ3v) is 5.83. The SMILES string of the molecule is CCOc1c(Cl)cc(/C=C2\SC(=S)N(C[C@@H]3CCCO3)C2=O)cc1Cl. The van der Waals surface area contributed by atoms with Gasteiger partial charge in [0.15, 0.2) is 5.75 Å². The van der Waals surface area contributed by atoms with E-state index in [-0.39, 0.29) is 12.0 Å². The summed E-state index contributed by atoms with van der Waals surface area (Å²) in [6, 6.07) is 3.45. The summed E-state index contributed by atoms with van der Waals surface area (Å²) < 4.78 is 11.6. The van der Waals surface area contributed by atoms with E-state index < -0.39 is 0 Å². The molecule has 0 radical (unpaired) electrons. The van der Waals surface area contributed by atoms with E-state index in [4.69, 9.17) is 44.9 Å². The van der Waals surface area contributed by atoms with Crippen molar-refractivity contribution in [2.75, 3.05) is 19.8 Å². The van der Waals surface area contributed by atoms with Gasteiger partial charge in [-0.25, -0.2) is 0 Å². The molecule has 8 heteroatoms. The molecule has 2 saturated heterocycles. The topological polar surface area (TPSA) is 38.8 Å². The van der Waals surface area contributed by atoms with Crippen LogP contribution in [0.3, 0.4) is 0 Å². The van der Waals surface area contributed by atoms with E-state index in [0.29, 0.717) is 38.2 Å². The number of thiocarbonyl (C=S) groups is 1. The lowest BCUT2D eigenvalue weighted by Gasteiger charge is -2.18. The van der Waals surface area contributed by atoms with Gasteiger partial charge in [0.25, 0.3) is 5.91 Å². The highest BCUT2D eigenvalue weighted by molar-refractivity contribution is 8.26. The lowest BCUT2D eigenvalue weighted by Crippen LogP contribution is -2.35. The van der Waals surface area contributed by atoms with Gasteiger partial charge in [0.1, 0.15) is 4.32 Å². The van der Waals surface area contributed by atoms with E-state index in [0.717, 1.165) is 25.0 Å². The summed E-state index contributed by atoms with van der Waals surface area (Å²) in [5.41, 5.74) is 0.732. The quantitative estimate of drug-likeness (QED) is 0.509. The van der Waals surface area contributed by atoms with Crippen molar-refractivity contribution < 1.29 is 14.3 Å². The van der Waals surface area contributed by atoms with Gasteiger partial charge in [-0.05, 0) is 43.5 Å². The average molecular weight is 418 g/mol. The third kappa shape index (κ3) is 4.31. The number of ether oxygens (including phenoxy) is 2. The molecule has 0 unspecified atom stereocenters. The summed E-state index contributed by atoms with van der Waals surface area (Å²) in [4.78, 5) is 14.8. The summed E-state index contributed by atoms with van der Waals surface area (Å²) in [5.74, 6) is 0.348. The molecule has 134 valence electrons. The Morgan fingerprint density at radius 1 is 1.44 bits per heavy atom. The van der Waals surface area contributed by atoms with Crippen LogP contribution in [-0.4, -0.2) is 41.0 Å². The number of amides is 1. The Labute approximate surface area is 166 Å². The summed E-state index contributed by atoms with van der Waals surface area (Å²) in [6.45, 7) is 3.59. The molecule has 0 aromatic heterocycles. The van der Waals surface area contributed by atoms with Gasteiger partial charge in [0.2, 0.25) is 0 Å². The number of hydrogen-bond donors (Lipinski definition) is 0. The van der Waals surface area contributed by atoms with Crippen molar-refractivity contribution in [3.8, 4) is 5.75 Å². The Hall–Kier alpha value is -0.790. The molecule has 2 aliphatic rings.